The van der Waals surface area contributed by atoms with Crippen LogP contribution >= 0.6 is 22.9 Å². The van der Waals surface area contributed by atoms with Gasteiger partial charge in [0.05, 0.1) is 23.7 Å². The number of esters is 1. The third kappa shape index (κ3) is 4.33. The van der Waals surface area contributed by atoms with E-state index in [1.807, 2.05) is 29.6 Å². The standard InChI is InChI=1S/C14H14ClNO2S/c1-2-18-14(17)8-12-9-19-13(16-12)7-10-4-3-5-11(15)6-10/h3-6,9H,2,7-8H2,1H3. The second kappa shape index (κ2) is 6.68. The van der Waals surface area contributed by atoms with Crippen molar-refractivity contribution < 1.29 is 9.53 Å². The van der Waals surface area contributed by atoms with Crippen molar-refractivity contribution >= 4 is 28.9 Å². The Labute approximate surface area is 121 Å². The van der Waals surface area contributed by atoms with Gasteiger partial charge in [-0.25, -0.2) is 4.98 Å². The molecule has 3 nitrogen and oxygen atoms in total. The van der Waals surface area contributed by atoms with Gasteiger partial charge >= 0.3 is 5.97 Å². The number of hydrogen-bond donors (Lipinski definition) is 0. The van der Waals surface area contributed by atoms with Crippen molar-refractivity contribution in [3.8, 4) is 0 Å². The largest absolute Gasteiger partial charge is 0.466 e. The van der Waals surface area contributed by atoms with Gasteiger partial charge in [-0.05, 0) is 24.6 Å². The molecule has 1 aromatic carbocycles. The van der Waals surface area contributed by atoms with Gasteiger partial charge in [0.15, 0.2) is 0 Å². The molecular formula is C14H14ClNO2S. The number of halogens is 1. The van der Waals surface area contributed by atoms with E-state index in [2.05, 4.69) is 4.98 Å². The van der Waals surface area contributed by atoms with Gasteiger partial charge in [0, 0.05) is 16.8 Å². The Morgan fingerprint density at radius 2 is 2.32 bits per heavy atom. The highest BCUT2D eigenvalue weighted by Crippen LogP contribution is 2.18. The number of nitrogens with zero attached hydrogens (tertiary/aromatic N) is 1. The van der Waals surface area contributed by atoms with Crippen molar-refractivity contribution in [3.05, 3.63) is 50.9 Å². The monoisotopic (exact) mass is 295 g/mol. The summed E-state index contributed by atoms with van der Waals surface area (Å²) in [6, 6.07) is 7.70. The van der Waals surface area contributed by atoms with Crippen LogP contribution in [-0.2, 0) is 22.4 Å². The minimum atomic E-state index is -0.234. The highest BCUT2D eigenvalue weighted by molar-refractivity contribution is 7.09. The van der Waals surface area contributed by atoms with Crippen LogP contribution < -0.4 is 0 Å². The van der Waals surface area contributed by atoms with Gasteiger partial charge < -0.3 is 4.74 Å². The van der Waals surface area contributed by atoms with E-state index in [1.54, 1.807) is 18.3 Å². The van der Waals surface area contributed by atoms with Gasteiger partial charge in [-0.1, -0.05) is 23.7 Å². The minimum Gasteiger partial charge on any atom is -0.466 e. The molecule has 0 saturated heterocycles. The van der Waals surface area contributed by atoms with Crippen molar-refractivity contribution in [1.29, 1.82) is 0 Å². The zero-order valence-electron chi connectivity index (χ0n) is 10.6. The summed E-state index contributed by atoms with van der Waals surface area (Å²) in [5.74, 6) is -0.234. The van der Waals surface area contributed by atoms with Gasteiger partial charge in [0.2, 0.25) is 0 Å². The number of thiazole rings is 1. The molecule has 2 rings (SSSR count). The maximum atomic E-state index is 11.3. The number of carbonyl (C=O) groups is 1. The Morgan fingerprint density at radius 1 is 1.47 bits per heavy atom. The lowest BCUT2D eigenvalue weighted by Gasteiger charge is -1.99. The smallest absolute Gasteiger partial charge is 0.311 e. The molecule has 0 fully saturated rings. The van der Waals surface area contributed by atoms with Gasteiger partial charge in [-0.15, -0.1) is 11.3 Å². The second-order valence-electron chi connectivity index (χ2n) is 4.02. The Hall–Kier alpha value is -1.39. The first-order valence-corrected chi connectivity index (χ1v) is 7.26. The summed E-state index contributed by atoms with van der Waals surface area (Å²) in [7, 11) is 0. The van der Waals surface area contributed by atoms with Crippen LogP contribution in [0.2, 0.25) is 5.02 Å². The fraction of sp³-hybridized carbons (Fsp3) is 0.286. The Bertz CT molecular complexity index is 568. The lowest BCUT2D eigenvalue weighted by atomic mass is 10.2. The van der Waals surface area contributed by atoms with Crippen LogP contribution in [-0.4, -0.2) is 17.6 Å². The molecular weight excluding hydrogens is 282 g/mol. The van der Waals surface area contributed by atoms with Crippen LogP contribution in [0.5, 0.6) is 0 Å². The Kier molecular flexibility index (Phi) is 4.93. The highest BCUT2D eigenvalue weighted by Gasteiger charge is 2.08. The summed E-state index contributed by atoms with van der Waals surface area (Å²) < 4.78 is 4.90. The van der Waals surface area contributed by atoms with E-state index in [1.165, 1.54) is 0 Å². The van der Waals surface area contributed by atoms with Crippen LogP contribution in [0.3, 0.4) is 0 Å². The number of carbonyl (C=O) groups excluding carboxylic acids is 1. The molecule has 19 heavy (non-hydrogen) atoms. The van der Waals surface area contributed by atoms with Crippen LogP contribution in [0.1, 0.15) is 23.2 Å². The van der Waals surface area contributed by atoms with Gasteiger partial charge in [-0.3, -0.25) is 4.79 Å². The summed E-state index contributed by atoms with van der Waals surface area (Å²) in [6.07, 6.45) is 0.966. The lowest BCUT2D eigenvalue weighted by molar-refractivity contribution is -0.142. The summed E-state index contributed by atoms with van der Waals surface area (Å²) in [5, 5.41) is 3.60. The van der Waals surface area contributed by atoms with E-state index in [9.17, 15) is 4.79 Å². The predicted octanol–water partition coefficient (Wildman–Crippen LogP) is 3.49. The number of hydrogen-bond acceptors (Lipinski definition) is 4. The maximum absolute atomic E-state index is 11.3. The van der Waals surface area contributed by atoms with Crippen LogP contribution in [0.4, 0.5) is 0 Å². The van der Waals surface area contributed by atoms with Crippen molar-refractivity contribution in [3.63, 3.8) is 0 Å². The molecule has 0 saturated carbocycles. The van der Waals surface area contributed by atoms with Crippen molar-refractivity contribution in [1.82, 2.24) is 4.98 Å². The molecule has 0 bridgehead atoms. The van der Waals surface area contributed by atoms with E-state index in [4.69, 9.17) is 16.3 Å². The van der Waals surface area contributed by atoms with Gasteiger partial charge in [-0.2, -0.15) is 0 Å². The lowest BCUT2D eigenvalue weighted by Crippen LogP contribution is -2.07. The zero-order chi connectivity index (χ0) is 13.7. The molecule has 0 amide bonds. The third-order valence-electron chi connectivity index (χ3n) is 2.47. The second-order valence-corrected chi connectivity index (χ2v) is 5.40. The van der Waals surface area contributed by atoms with Gasteiger partial charge in [0.25, 0.3) is 0 Å². The number of aromatic nitrogens is 1. The number of benzene rings is 1. The summed E-state index contributed by atoms with van der Waals surface area (Å²) in [4.78, 5) is 15.8. The topological polar surface area (TPSA) is 39.2 Å². The van der Waals surface area contributed by atoms with Gasteiger partial charge in [0.1, 0.15) is 0 Å². The predicted molar refractivity (Wildman–Crippen MR) is 76.7 cm³/mol. The maximum Gasteiger partial charge on any atom is 0.311 e. The van der Waals surface area contributed by atoms with E-state index >= 15 is 0 Å². The Balaban J connectivity index is 1.99. The summed E-state index contributed by atoms with van der Waals surface area (Å²) in [5.41, 5.74) is 1.88. The molecule has 0 atom stereocenters. The van der Waals surface area contributed by atoms with Crippen LogP contribution in [0, 0.1) is 0 Å². The molecule has 0 radical (unpaired) electrons. The average Bonchev–Trinajstić information content (AvgIpc) is 2.76. The van der Waals surface area contributed by atoms with E-state index in [-0.39, 0.29) is 12.4 Å². The molecule has 0 N–H and O–H groups in total. The first-order valence-electron chi connectivity index (χ1n) is 6.00. The van der Waals surface area contributed by atoms with E-state index < -0.39 is 0 Å². The van der Waals surface area contributed by atoms with Crippen LogP contribution in [0.15, 0.2) is 29.6 Å². The fourth-order valence-corrected chi connectivity index (χ4v) is 2.73. The summed E-state index contributed by atoms with van der Waals surface area (Å²) in [6.45, 7) is 2.20. The molecule has 0 aliphatic rings. The number of rotatable bonds is 5. The van der Waals surface area contributed by atoms with Crippen LogP contribution in [0.25, 0.3) is 0 Å². The molecule has 2 aromatic rings. The molecule has 0 aliphatic heterocycles. The molecule has 0 unspecified atom stereocenters. The van der Waals surface area contributed by atoms with Crippen molar-refractivity contribution in [2.75, 3.05) is 6.61 Å². The molecule has 1 aromatic heterocycles. The minimum absolute atomic E-state index is 0.234. The molecule has 1 heterocycles. The fourth-order valence-electron chi connectivity index (χ4n) is 1.69. The number of ether oxygens (including phenoxy) is 1. The molecule has 0 aliphatic carbocycles. The zero-order valence-corrected chi connectivity index (χ0v) is 12.1. The molecule has 5 heteroatoms. The highest BCUT2D eigenvalue weighted by atomic mass is 35.5. The summed E-state index contributed by atoms with van der Waals surface area (Å²) >= 11 is 7.49. The third-order valence-corrected chi connectivity index (χ3v) is 3.61. The Morgan fingerprint density at radius 3 is 3.05 bits per heavy atom. The van der Waals surface area contributed by atoms with E-state index in [0.717, 1.165) is 27.7 Å². The van der Waals surface area contributed by atoms with Crippen molar-refractivity contribution in [2.24, 2.45) is 0 Å². The average molecular weight is 296 g/mol. The normalized spacial score (nSPS) is 10.4. The quantitative estimate of drug-likeness (QED) is 0.793. The molecule has 0 spiro atoms. The van der Waals surface area contributed by atoms with E-state index in [0.29, 0.717) is 6.61 Å². The van der Waals surface area contributed by atoms with Crippen molar-refractivity contribution in [2.45, 2.75) is 19.8 Å². The first kappa shape index (κ1) is 14.0. The molecule has 100 valence electrons. The SMILES string of the molecule is CCOC(=O)Cc1csc(Cc2cccc(Cl)c2)n1. The first-order chi connectivity index (χ1) is 9.17.